The molecule has 1 rings (SSSR count). The second kappa shape index (κ2) is 7.93. The molecule has 0 saturated carbocycles. The van der Waals surface area contributed by atoms with Crippen LogP contribution in [0.5, 0.6) is 5.75 Å². The Morgan fingerprint density at radius 3 is 2.60 bits per heavy atom. The standard InChI is InChI=1S/C17H27NO2/c1-6-8-14(5)18-17(19)15(7-2)20-16-11-12(3)9-10-13(16)4/h9-11,14-15H,6-8H2,1-5H3,(H,18,19)/t14-,15+/m1/s1. The van der Waals surface area contributed by atoms with E-state index in [2.05, 4.69) is 12.2 Å². The van der Waals surface area contributed by atoms with Gasteiger partial charge < -0.3 is 10.1 Å². The van der Waals surface area contributed by atoms with Gasteiger partial charge in [0.2, 0.25) is 0 Å². The van der Waals surface area contributed by atoms with Crippen molar-refractivity contribution in [3.8, 4) is 5.75 Å². The number of rotatable bonds is 7. The largest absolute Gasteiger partial charge is 0.480 e. The van der Waals surface area contributed by atoms with Crippen LogP contribution in [0, 0.1) is 13.8 Å². The lowest BCUT2D eigenvalue weighted by molar-refractivity contribution is -0.128. The summed E-state index contributed by atoms with van der Waals surface area (Å²) in [7, 11) is 0. The van der Waals surface area contributed by atoms with E-state index in [9.17, 15) is 4.79 Å². The Kier molecular flexibility index (Phi) is 6.56. The first-order chi connectivity index (χ1) is 9.47. The van der Waals surface area contributed by atoms with Gasteiger partial charge in [0.05, 0.1) is 0 Å². The molecule has 0 aliphatic rings. The molecule has 0 bridgehead atoms. The highest BCUT2D eigenvalue weighted by Gasteiger charge is 2.20. The van der Waals surface area contributed by atoms with E-state index >= 15 is 0 Å². The van der Waals surface area contributed by atoms with Crippen molar-refractivity contribution in [1.29, 1.82) is 0 Å². The predicted octanol–water partition coefficient (Wildman–Crippen LogP) is 3.77. The summed E-state index contributed by atoms with van der Waals surface area (Å²) in [5.74, 6) is 0.782. The number of carbonyl (C=O) groups excluding carboxylic acids is 1. The Labute approximate surface area is 122 Å². The van der Waals surface area contributed by atoms with Gasteiger partial charge in [-0.15, -0.1) is 0 Å². The summed E-state index contributed by atoms with van der Waals surface area (Å²) in [5.41, 5.74) is 2.20. The van der Waals surface area contributed by atoms with Gasteiger partial charge in [-0.05, 0) is 50.8 Å². The Bertz CT molecular complexity index is 443. The number of nitrogens with one attached hydrogen (secondary N) is 1. The maximum Gasteiger partial charge on any atom is 0.261 e. The van der Waals surface area contributed by atoms with Crippen LogP contribution in [0.4, 0.5) is 0 Å². The molecular weight excluding hydrogens is 250 g/mol. The third kappa shape index (κ3) is 4.87. The van der Waals surface area contributed by atoms with Crippen LogP contribution in [0.1, 0.15) is 51.2 Å². The number of ether oxygens (including phenoxy) is 1. The van der Waals surface area contributed by atoms with Crippen molar-refractivity contribution < 1.29 is 9.53 Å². The Balaban J connectivity index is 2.71. The van der Waals surface area contributed by atoms with Gasteiger partial charge in [-0.1, -0.05) is 32.4 Å². The van der Waals surface area contributed by atoms with E-state index in [1.165, 1.54) is 0 Å². The Morgan fingerprint density at radius 1 is 1.30 bits per heavy atom. The molecule has 3 nitrogen and oxygen atoms in total. The van der Waals surface area contributed by atoms with Crippen LogP contribution in [0.15, 0.2) is 18.2 Å². The van der Waals surface area contributed by atoms with Crippen LogP contribution < -0.4 is 10.1 Å². The summed E-state index contributed by atoms with van der Waals surface area (Å²) < 4.78 is 5.90. The van der Waals surface area contributed by atoms with Crippen molar-refractivity contribution in [3.63, 3.8) is 0 Å². The minimum absolute atomic E-state index is 0.0191. The number of benzene rings is 1. The van der Waals surface area contributed by atoms with Crippen molar-refractivity contribution in [3.05, 3.63) is 29.3 Å². The molecule has 2 atom stereocenters. The molecule has 0 saturated heterocycles. The highest BCUT2D eigenvalue weighted by Crippen LogP contribution is 2.21. The van der Waals surface area contributed by atoms with Crippen LogP contribution in [-0.2, 0) is 4.79 Å². The maximum absolute atomic E-state index is 12.2. The van der Waals surface area contributed by atoms with E-state index in [4.69, 9.17) is 4.74 Å². The molecule has 0 fully saturated rings. The summed E-state index contributed by atoms with van der Waals surface area (Å²) >= 11 is 0. The molecule has 0 spiro atoms. The summed E-state index contributed by atoms with van der Waals surface area (Å²) in [6, 6.07) is 6.26. The first-order valence-electron chi connectivity index (χ1n) is 7.52. The fourth-order valence-corrected chi connectivity index (χ4v) is 2.15. The lowest BCUT2D eigenvalue weighted by Crippen LogP contribution is -2.42. The molecule has 0 radical (unpaired) electrons. The highest BCUT2D eigenvalue weighted by atomic mass is 16.5. The molecule has 0 heterocycles. The van der Waals surface area contributed by atoms with Crippen molar-refractivity contribution in [1.82, 2.24) is 5.32 Å². The van der Waals surface area contributed by atoms with Crippen LogP contribution in [0.3, 0.4) is 0 Å². The smallest absolute Gasteiger partial charge is 0.261 e. The third-order valence-corrected chi connectivity index (χ3v) is 3.39. The fourth-order valence-electron chi connectivity index (χ4n) is 2.15. The lowest BCUT2D eigenvalue weighted by atomic mass is 10.1. The number of hydrogen-bond acceptors (Lipinski definition) is 2. The zero-order valence-corrected chi connectivity index (χ0v) is 13.3. The van der Waals surface area contributed by atoms with Gasteiger partial charge in [0.1, 0.15) is 5.75 Å². The highest BCUT2D eigenvalue weighted by molar-refractivity contribution is 5.81. The van der Waals surface area contributed by atoms with E-state index < -0.39 is 6.10 Å². The maximum atomic E-state index is 12.2. The second-order valence-corrected chi connectivity index (χ2v) is 5.48. The number of hydrogen-bond donors (Lipinski definition) is 1. The van der Waals surface area contributed by atoms with Crippen LogP contribution >= 0.6 is 0 Å². The minimum atomic E-state index is -0.421. The topological polar surface area (TPSA) is 38.3 Å². The molecule has 1 N–H and O–H groups in total. The van der Waals surface area contributed by atoms with Crippen molar-refractivity contribution >= 4 is 5.91 Å². The first-order valence-corrected chi connectivity index (χ1v) is 7.52. The van der Waals surface area contributed by atoms with Gasteiger partial charge in [0, 0.05) is 6.04 Å². The molecule has 0 aliphatic carbocycles. The third-order valence-electron chi connectivity index (χ3n) is 3.39. The average molecular weight is 277 g/mol. The van der Waals surface area contributed by atoms with Gasteiger partial charge in [-0.2, -0.15) is 0 Å². The van der Waals surface area contributed by atoms with Crippen LogP contribution in [0.2, 0.25) is 0 Å². The van der Waals surface area contributed by atoms with E-state index in [0.717, 1.165) is 29.7 Å². The van der Waals surface area contributed by atoms with E-state index in [0.29, 0.717) is 6.42 Å². The quantitative estimate of drug-likeness (QED) is 0.824. The van der Waals surface area contributed by atoms with Gasteiger partial charge in [0.15, 0.2) is 6.10 Å². The molecule has 0 aromatic heterocycles. The van der Waals surface area contributed by atoms with E-state index in [1.807, 2.05) is 45.9 Å². The van der Waals surface area contributed by atoms with Gasteiger partial charge >= 0.3 is 0 Å². The molecule has 20 heavy (non-hydrogen) atoms. The Morgan fingerprint density at radius 2 is 2.00 bits per heavy atom. The minimum Gasteiger partial charge on any atom is -0.480 e. The molecule has 112 valence electrons. The molecule has 1 aromatic rings. The van der Waals surface area contributed by atoms with E-state index in [1.54, 1.807) is 0 Å². The zero-order chi connectivity index (χ0) is 15.1. The summed E-state index contributed by atoms with van der Waals surface area (Å²) in [6.45, 7) is 10.1. The predicted molar refractivity (Wildman–Crippen MR) is 83.1 cm³/mol. The molecule has 1 amide bonds. The lowest BCUT2D eigenvalue weighted by Gasteiger charge is -2.21. The normalized spacial score (nSPS) is 13.7. The average Bonchev–Trinajstić information content (AvgIpc) is 2.39. The summed E-state index contributed by atoms with van der Waals surface area (Å²) in [5, 5.41) is 3.02. The monoisotopic (exact) mass is 277 g/mol. The van der Waals surface area contributed by atoms with Crippen LogP contribution in [-0.4, -0.2) is 18.1 Å². The molecule has 1 aromatic carbocycles. The van der Waals surface area contributed by atoms with Crippen molar-refractivity contribution in [2.24, 2.45) is 0 Å². The number of carbonyl (C=O) groups is 1. The SMILES string of the molecule is CCC[C@@H](C)NC(=O)[C@H](CC)Oc1cc(C)ccc1C. The van der Waals surface area contributed by atoms with Gasteiger partial charge in [-0.3, -0.25) is 4.79 Å². The van der Waals surface area contributed by atoms with Crippen LogP contribution in [0.25, 0.3) is 0 Å². The van der Waals surface area contributed by atoms with Crippen molar-refractivity contribution in [2.75, 3.05) is 0 Å². The number of amides is 1. The zero-order valence-electron chi connectivity index (χ0n) is 13.3. The molecular formula is C17H27NO2. The van der Waals surface area contributed by atoms with Gasteiger partial charge in [-0.25, -0.2) is 0 Å². The second-order valence-electron chi connectivity index (χ2n) is 5.48. The fraction of sp³-hybridized carbons (Fsp3) is 0.588. The summed E-state index contributed by atoms with van der Waals surface area (Å²) in [4.78, 5) is 12.2. The first kappa shape index (κ1) is 16.5. The molecule has 0 unspecified atom stereocenters. The molecule has 3 heteroatoms. The van der Waals surface area contributed by atoms with Gasteiger partial charge in [0.25, 0.3) is 5.91 Å². The summed E-state index contributed by atoms with van der Waals surface area (Å²) in [6.07, 6.45) is 2.30. The van der Waals surface area contributed by atoms with Crippen molar-refractivity contribution in [2.45, 2.75) is 66.0 Å². The van der Waals surface area contributed by atoms with E-state index in [-0.39, 0.29) is 11.9 Å². The number of aryl methyl sites for hydroxylation is 2. The Hall–Kier alpha value is -1.51. The molecule has 0 aliphatic heterocycles.